The second kappa shape index (κ2) is 27.9. The summed E-state index contributed by atoms with van der Waals surface area (Å²) in [6.45, 7) is 0. The van der Waals surface area contributed by atoms with Crippen molar-refractivity contribution in [3.8, 4) is 0 Å². The van der Waals surface area contributed by atoms with Crippen LogP contribution in [0, 0.1) is 0 Å². The maximum atomic E-state index is 0. The van der Waals surface area contributed by atoms with Crippen molar-refractivity contribution in [2.45, 2.75) is 0 Å². The van der Waals surface area contributed by atoms with Crippen LogP contribution in [0.1, 0.15) is 0 Å². The molecule has 0 aliphatic heterocycles. The quantitative estimate of drug-likeness (QED) is 0.369. The van der Waals surface area contributed by atoms with Crippen LogP contribution in [-0.2, 0) is 33.6 Å². The van der Waals surface area contributed by atoms with Gasteiger partial charge in [-0.3, -0.25) is 0 Å². The van der Waals surface area contributed by atoms with Gasteiger partial charge in [-0.25, -0.2) is 0 Å². The van der Waals surface area contributed by atoms with E-state index in [9.17, 15) is 0 Å². The first-order valence-corrected chi connectivity index (χ1v) is 0. The molecule has 0 bridgehead atoms. The Bertz CT molecular complexity index is 11.6. The molecule has 0 unspecified atom stereocenters. The van der Waals surface area contributed by atoms with Crippen LogP contribution in [0.2, 0.25) is 0 Å². The molecular formula is H9AlCaMnNiSi. The van der Waals surface area contributed by atoms with Crippen molar-refractivity contribution in [2.24, 2.45) is 0 Å². The molecule has 0 amide bonds. The number of hydrogen-bond donors (Lipinski definition) is 0. The fraction of sp³-hybridized carbons (Fsp3) is 0. The third kappa shape index (κ3) is 19.4. The van der Waals surface area contributed by atoms with Gasteiger partial charge in [-0.15, -0.1) is 0 Å². The molecule has 5 heavy (non-hydrogen) atoms. The average molecular weight is 218 g/mol. The molecule has 1 radical (unpaired) electrons. The van der Waals surface area contributed by atoms with Crippen LogP contribution in [0.25, 0.3) is 0 Å². The molecule has 0 aliphatic carbocycles. The van der Waals surface area contributed by atoms with Gasteiger partial charge in [0.25, 0.3) is 0 Å². The van der Waals surface area contributed by atoms with E-state index < -0.39 is 0 Å². The Morgan fingerprint density at radius 1 is 1.00 bits per heavy atom. The van der Waals surface area contributed by atoms with E-state index in [1.807, 2.05) is 0 Å². The van der Waals surface area contributed by atoms with Gasteiger partial charge in [-0.1, -0.05) is 0 Å². The van der Waals surface area contributed by atoms with Crippen molar-refractivity contribution in [3.05, 3.63) is 0 Å². The predicted molar refractivity (Wildman–Crippen MR) is 29.8 cm³/mol. The van der Waals surface area contributed by atoms with Crippen LogP contribution in [0.3, 0.4) is 0 Å². The standard InChI is InChI=1S/Al.Ca.Mn.Ni.H4Si.5H/h;;;;1H4;;;;;. The molecule has 0 rings (SSSR count). The minimum Gasteiger partial charge on any atom is -0.0149 e. The minimum atomic E-state index is 0. The third-order valence-corrected chi connectivity index (χ3v) is 0. The molecule has 0 aromatic carbocycles. The first-order valence-electron chi connectivity index (χ1n) is 0. The van der Waals surface area contributed by atoms with Gasteiger partial charge in [0.15, 0.2) is 17.4 Å². The van der Waals surface area contributed by atoms with E-state index in [-0.39, 0.29) is 99.6 Å². The Morgan fingerprint density at radius 2 is 1.00 bits per heavy atom. The predicted octanol–water partition coefficient (Wildman–Crippen LogP) is -3.56. The Kier molecular flexibility index (Phi) is 242. The van der Waals surface area contributed by atoms with E-state index >= 15 is 0 Å². The van der Waals surface area contributed by atoms with Crippen LogP contribution in [0.4, 0.5) is 0 Å². The zero-order valence-corrected chi connectivity index (χ0v) is 2.86. The third-order valence-electron chi connectivity index (χ3n) is 0. The molecule has 0 fully saturated rings. The van der Waals surface area contributed by atoms with Gasteiger partial charge in [0.1, 0.15) is 0 Å². The Labute approximate surface area is 97.8 Å². The molecule has 0 aliphatic rings. The molecule has 0 aromatic heterocycles. The van der Waals surface area contributed by atoms with Gasteiger partial charge in [-0.05, 0) is 11.0 Å². The largest absolute Gasteiger partial charge is 0.0149 e. The van der Waals surface area contributed by atoms with Gasteiger partial charge in [0, 0.05) is 33.6 Å². The summed E-state index contributed by atoms with van der Waals surface area (Å²) in [6, 6.07) is 0. The van der Waals surface area contributed by atoms with E-state index in [2.05, 4.69) is 0 Å². The van der Waals surface area contributed by atoms with E-state index in [1.54, 1.807) is 0 Å². The van der Waals surface area contributed by atoms with E-state index in [0.29, 0.717) is 0 Å². The van der Waals surface area contributed by atoms with E-state index in [1.165, 1.54) is 0 Å². The van der Waals surface area contributed by atoms with Gasteiger partial charge in [0.2, 0.25) is 0 Å². The van der Waals surface area contributed by atoms with Crippen molar-refractivity contribution >= 4 is 66.1 Å². The summed E-state index contributed by atoms with van der Waals surface area (Å²) in [4.78, 5) is 0. The summed E-state index contributed by atoms with van der Waals surface area (Å²) < 4.78 is 0. The summed E-state index contributed by atoms with van der Waals surface area (Å²) in [5.41, 5.74) is 0. The second-order valence-electron chi connectivity index (χ2n) is 0. The fourth-order valence-electron chi connectivity index (χ4n) is 0. The topological polar surface area (TPSA) is 0 Å². The fourth-order valence-corrected chi connectivity index (χ4v) is 0. The molecule has 0 aromatic rings. The summed E-state index contributed by atoms with van der Waals surface area (Å²) in [6.07, 6.45) is 0. The van der Waals surface area contributed by atoms with Gasteiger partial charge >= 0.3 is 37.7 Å². The van der Waals surface area contributed by atoms with E-state index in [0.717, 1.165) is 0 Å². The van der Waals surface area contributed by atoms with Crippen LogP contribution < -0.4 is 0 Å². The molecule has 0 spiro atoms. The molecule has 0 atom stereocenters. The van der Waals surface area contributed by atoms with Crippen molar-refractivity contribution in [3.63, 3.8) is 0 Å². The second-order valence-corrected chi connectivity index (χ2v) is 0. The molecule has 0 nitrogen and oxygen atoms in total. The maximum absolute atomic E-state index is 0. The number of rotatable bonds is 0. The average Bonchev–Trinajstić information content (AvgIpc) is 0. The molecule has 0 heterocycles. The monoisotopic (exact) mass is 217 g/mol. The molecule has 0 saturated heterocycles. The van der Waals surface area contributed by atoms with Gasteiger partial charge in [0.05, 0.1) is 0 Å². The number of hydrogen-bond acceptors (Lipinski definition) is 0. The first-order chi connectivity index (χ1) is 0. The van der Waals surface area contributed by atoms with Crippen molar-refractivity contribution < 1.29 is 33.6 Å². The summed E-state index contributed by atoms with van der Waals surface area (Å²) in [5.74, 6) is 0. The van der Waals surface area contributed by atoms with Crippen LogP contribution in [-0.4, -0.2) is 66.1 Å². The zero-order valence-electron chi connectivity index (χ0n) is 0.694. The normalized spacial score (nSPS) is 0. The van der Waals surface area contributed by atoms with Gasteiger partial charge < -0.3 is 0 Å². The zero-order chi connectivity index (χ0) is 0. The molecule has 35 valence electrons. The van der Waals surface area contributed by atoms with E-state index in [4.69, 9.17) is 0 Å². The molecule has 0 N–H and O–H groups in total. The smallest absolute Gasteiger partial charge is 0 e. The van der Waals surface area contributed by atoms with Crippen molar-refractivity contribution in [1.82, 2.24) is 0 Å². The minimum absolute atomic E-state index is 0. The summed E-state index contributed by atoms with van der Waals surface area (Å²) in [7, 11) is 0. The van der Waals surface area contributed by atoms with Crippen molar-refractivity contribution in [1.29, 1.82) is 0 Å². The molecule has 0 saturated carbocycles. The SMILES string of the molecule is [AlH3].[CaH2].[Mn].[Ni].[SiH4]. The molecular weight excluding hydrogens is 209 g/mol. The van der Waals surface area contributed by atoms with Crippen LogP contribution in [0.15, 0.2) is 0 Å². The van der Waals surface area contributed by atoms with Crippen LogP contribution in [0.5, 0.6) is 0 Å². The van der Waals surface area contributed by atoms with Gasteiger partial charge in [-0.2, -0.15) is 0 Å². The summed E-state index contributed by atoms with van der Waals surface area (Å²) in [5, 5.41) is 0. The van der Waals surface area contributed by atoms with Crippen molar-refractivity contribution in [2.75, 3.05) is 0 Å². The summed E-state index contributed by atoms with van der Waals surface area (Å²) >= 11 is 0. The Morgan fingerprint density at radius 3 is 1.00 bits per heavy atom. The maximum Gasteiger partial charge on any atom is 0 e. The Balaban J connectivity index is 0. The first kappa shape index (κ1) is 43.3. The Hall–Kier alpha value is 3.02. The van der Waals surface area contributed by atoms with Crippen LogP contribution >= 0.6 is 0 Å². The molecule has 5 heteroatoms.